The largest absolute Gasteiger partial charge is 0.493 e. The van der Waals surface area contributed by atoms with E-state index in [0.717, 1.165) is 33.7 Å². The third kappa shape index (κ3) is 7.82. The van der Waals surface area contributed by atoms with Crippen LogP contribution in [-0.2, 0) is 22.1 Å². The number of thiophene rings is 1. The van der Waals surface area contributed by atoms with Crippen molar-refractivity contribution in [2.24, 2.45) is 5.92 Å². The Hall–Kier alpha value is -3.37. The highest BCUT2D eigenvalue weighted by molar-refractivity contribution is 7.14. The Morgan fingerprint density at radius 3 is 2.26 bits per heavy atom. The number of ether oxygens (including phenoxy) is 2. The van der Waals surface area contributed by atoms with Crippen LogP contribution in [0.25, 0.3) is 11.1 Å². The summed E-state index contributed by atoms with van der Waals surface area (Å²) in [5.74, 6) is -0.295. The monoisotopic (exact) mass is 549 g/mol. The second-order valence-electron chi connectivity index (χ2n) is 9.16. The zero-order valence-corrected chi connectivity index (χ0v) is 22.3. The first-order valence-electron chi connectivity index (χ1n) is 11.9. The molecule has 1 amide bonds. The normalized spacial score (nSPS) is 13.1. The van der Waals surface area contributed by atoms with Crippen molar-refractivity contribution in [3.05, 3.63) is 75.0 Å². The van der Waals surface area contributed by atoms with Crippen molar-refractivity contribution in [3.63, 3.8) is 0 Å². The van der Waals surface area contributed by atoms with E-state index < -0.39 is 29.8 Å². The molecule has 10 heteroatoms. The Kier molecular flexibility index (Phi) is 9.56. The summed E-state index contributed by atoms with van der Waals surface area (Å²) in [6, 6.07) is 12.4. The summed E-state index contributed by atoms with van der Waals surface area (Å²) < 4.78 is 49.2. The van der Waals surface area contributed by atoms with Gasteiger partial charge in [-0.05, 0) is 84.8 Å². The molecular weight excluding hydrogens is 519 g/mol. The summed E-state index contributed by atoms with van der Waals surface area (Å²) in [4.78, 5) is 24.9. The lowest BCUT2D eigenvalue weighted by Crippen LogP contribution is -2.36. The number of hydrogen-bond donors (Lipinski definition) is 2. The third-order valence-corrected chi connectivity index (χ3v) is 6.97. The maximum atomic E-state index is 12.9. The van der Waals surface area contributed by atoms with E-state index in [0.29, 0.717) is 29.2 Å². The van der Waals surface area contributed by atoms with Crippen LogP contribution < -0.4 is 10.1 Å². The van der Waals surface area contributed by atoms with Crippen molar-refractivity contribution in [2.45, 2.75) is 46.0 Å². The smallest absolute Gasteiger partial charge is 0.416 e. The highest BCUT2D eigenvalue weighted by Gasteiger charge is 2.30. The van der Waals surface area contributed by atoms with Gasteiger partial charge in [-0.15, -0.1) is 11.3 Å². The molecule has 2 atom stereocenters. The van der Waals surface area contributed by atoms with Crippen LogP contribution in [0.4, 0.5) is 13.2 Å². The maximum Gasteiger partial charge on any atom is 0.416 e. The molecule has 0 saturated heterocycles. The molecule has 204 valence electrons. The second kappa shape index (κ2) is 12.4. The van der Waals surface area contributed by atoms with Crippen molar-refractivity contribution in [3.8, 4) is 16.9 Å². The molecule has 0 saturated carbocycles. The number of carbonyl (C=O) groups is 2. The molecule has 0 bridgehead atoms. The average Bonchev–Trinajstić information content (AvgIpc) is 3.30. The summed E-state index contributed by atoms with van der Waals surface area (Å²) in [6.07, 6.45) is -5.36. The first-order chi connectivity index (χ1) is 17.9. The average molecular weight is 550 g/mol. The molecule has 0 radical (unpaired) electrons. The summed E-state index contributed by atoms with van der Waals surface area (Å²) in [7, 11) is 1.20. The van der Waals surface area contributed by atoms with E-state index in [2.05, 4.69) is 10.1 Å². The summed E-state index contributed by atoms with van der Waals surface area (Å²) >= 11 is 1.30. The van der Waals surface area contributed by atoms with Gasteiger partial charge in [0.05, 0.1) is 30.6 Å². The molecule has 0 aliphatic rings. The number of rotatable bonds is 10. The predicted octanol–water partition coefficient (Wildman–Crippen LogP) is 5.92. The van der Waals surface area contributed by atoms with E-state index in [-0.39, 0.29) is 12.3 Å². The van der Waals surface area contributed by atoms with E-state index in [1.807, 2.05) is 39.0 Å². The summed E-state index contributed by atoms with van der Waals surface area (Å²) in [5.41, 5.74) is 2.70. The number of amides is 1. The van der Waals surface area contributed by atoms with Gasteiger partial charge in [0, 0.05) is 4.88 Å². The van der Waals surface area contributed by atoms with Crippen LogP contribution in [0.1, 0.15) is 44.6 Å². The molecule has 38 heavy (non-hydrogen) atoms. The van der Waals surface area contributed by atoms with Crippen molar-refractivity contribution >= 4 is 23.2 Å². The Labute approximate surface area is 223 Å². The van der Waals surface area contributed by atoms with Gasteiger partial charge in [-0.1, -0.05) is 19.1 Å². The molecule has 0 aliphatic carbocycles. The van der Waals surface area contributed by atoms with Gasteiger partial charge < -0.3 is 19.9 Å². The van der Waals surface area contributed by atoms with E-state index in [4.69, 9.17) is 4.74 Å². The number of carbonyl (C=O) groups excluding carboxylic acids is 2. The Balaban J connectivity index is 1.57. The molecule has 2 N–H and O–H groups in total. The quantitative estimate of drug-likeness (QED) is 0.242. The van der Waals surface area contributed by atoms with Crippen LogP contribution in [0.2, 0.25) is 0 Å². The van der Waals surface area contributed by atoms with Crippen LogP contribution in [0.5, 0.6) is 5.75 Å². The standard InChI is InChI=1S/C28H30F3NO5S/c1-16(11-22-9-10-23(38-22)27(35)32-24(33)14-25(34)36-4)15-37-21-12-17(2)26(18(3)13-21)19-5-7-20(8-6-19)28(29,30)31/h5-10,12-13,16,24,33H,11,14-15H2,1-4H3,(H,32,35). The van der Waals surface area contributed by atoms with Crippen molar-refractivity contribution < 1.29 is 37.3 Å². The zero-order valence-electron chi connectivity index (χ0n) is 21.5. The number of esters is 1. The highest BCUT2D eigenvalue weighted by Crippen LogP contribution is 2.34. The lowest BCUT2D eigenvalue weighted by atomic mass is 9.94. The van der Waals surface area contributed by atoms with Crippen LogP contribution >= 0.6 is 11.3 Å². The van der Waals surface area contributed by atoms with Gasteiger partial charge in [-0.3, -0.25) is 9.59 Å². The molecule has 0 fully saturated rings. The lowest BCUT2D eigenvalue weighted by Gasteiger charge is -2.16. The number of aliphatic hydroxyl groups is 1. The maximum absolute atomic E-state index is 12.9. The van der Waals surface area contributed by atoms with Gasteiger partial charge in [0.1, 0.15) is 12.0 Å². The number of halogens is 3. The van der Waals surface area contributed by atoms with Crippen LogP contribution in [0.15, 0.2) is 48.5 Å². The van der Waals surface area contributed by atoms with E-state index in [1.54, 1.807) is 6.07 Å². The number of hydrogen-bond acceptors (Lipinski definition) is 6. The highest BCUT2D eigenvalue weighted by atomic mass is 32.1. The molecule has 3 aromatic rings. The Bertz CT molecular complexity index is 1250. The molecule has 3 rings (SSSR count). The number of alkyl halides is 3. The van der Waals surface area contributed by atoms with Crippen LogP contribution in [0, 0.1) is 19.8 Å². The topological polar surface area (TPSA) is 84.9 Å². The fraction of sp³-hybridized carbons (Fsp3) is 0.357. The van der Waals surface area contributed by atoms with Gasteiger partial charge in [0.2, 0.25) is 0 Å². The van der Waals surface area contributed by atoms with Crippen molar-refractivity contribution in [2.75, 3.05) is 13.7 Å². The first-order valence-corrected chi connectivity index (χ1v) is 12.7. The number of aryl methyl sites for hydroxylation is 2. The number of methoxy groups -OCH3 is 1. The minimum atomic E-state index is -4.37. The molecule has 6 nitrogen and oxygen atoms in total. The Morgan fingerprint density at radius 2 is 1.68 bits per heavy atom. The van der Waals surface area contributed by atoms with Gasteiger partial charge in [-0.2, -0.15) is 13.2 Å². The van der Waals surface area contributed by atoms with Crippen molar-refractivity contribution in [1.29, 1.82) is 0 Å². The SMILES string of the molecule is COC(=O)CC(O)NC(=O)c1ccc(CC(C)COc2cc(C)c(-c3ccc(C(F)(F)F)cc3)c(C)c2)s1. The fourth-order valence-corrected chi connectivity index (χ4v) is 5.13. The minimum Gasteiger partial charge on any atom is -0.493 e. The van der Waals surface area contributed by atoms with Crippen molar-refractivity contribution in [1.82, 2.24) is 5.32 Å². The molecule has 0 aliphatic heterocycles. The van der Waals surface area contributed by atoms with Gasteiger partial charge >= 0.3 is 12.1 Å². The number of aliphatic hydroxyl groups excluding tert-OH is 1. The lowest BCUT2D eigenvalue weighted by molar-refractivity contribution is -0.143. The molecule has 1 heterocycles. The molecular formula is C28H30F3NO5S. The van der Waals surface area contributed by atoms with E-state index >= 15 is 0 Å². The number of benzene rings is 2. The fourth-order valence-electron chi connectivity index (χ4n) is 4.05. The van der Waals surface area contributed by atoms with Gasteiger partial charge in [0.15, 0.2) is 0 Å². The summed E-state index contributed by atoms with van der Waals surface area (Å²) in [6.45, 7) is 6.25. The molecule has 1 aromatic heterocycles. The molecule has 0 spiro atoms. The minimum absolute atomic E-state index is 0.129. The van der Waals surface area contributed by atoms with Gasteiger partial charge in [-0.25, -0.2) is 0 Å². The third-order valence-electron chi connectivity index (χ3n) is 5.86. The summed E-state index contributed by atoms with van der Waals surface area (Å²) in [5, 5.41) is 12.2. The van der Waals surface area contributed by atoms with E-state index in [9.17, 15) is 27.9 Å². The molecule has 2 aromatic carbocycles. The van der Waals surface area contributed by atoms with E-state index in [1.165, 1.54) is 30.6 Å². The Morgan fingerprint density at radius 1 is 1.05 bits per heavy atom. The first kappa shape index (κ1) is 29.2. The number of nitrogens with one attached hydrogen (secondary N) is 1. The molecule has 2 unspecified atom stereocenters. The zero-order chi connectivity index (χ0) is 28.0. The van der Waals surface area contributed by atoms with Crippen LogP contribution in [0.3, 0.4) is 0 Å². The predicted molar refractivity (Wildman–Crippen MR) is 139 cm³/mol. The van der Waals surface area contributed by atoms with Gasteiger partial charge in [0.25, 0.3) is 5.91 Å². The van der Waals surface area contributed by atoms with Crippen LogP contribution in [-0.4, -0.2) is 36.9 Å². The second-order valence-corrected chi connectivity index (χ2v) is 10.3.